The topological polar surface area (TPSA) is 27.1 Å². The van der Waals surface area contributed by atoms with Crippen molar-refractivity contribution < 1.29 is 4.74 Å². The van der Waals surface area contributed by atoms with Crippen LogP contribution in [0.5, 0.6) is 5.75 Å². The fourth-order valence-electron chi connectivity index (χ4n) is 1.82. The lowest BCUT2D eigenvalue weighted by molar-refractivity contribution is 0.292. The third-order valence-electron chi connectivity index (χ3n) is 2.84. The highest BCUT2D eigenvalue weighted by Crippen LogP contribution is 2.28. The standard InChI is InChI=1S/C14H16Cl2N2O/c1-3-11-8-12(18(4-2)17-11)9-19-14-7-10(15)5-6-13(14)16/h5-8H,3-4,9H2,1-2H3. The molecule has 0 aliphatic rings. The van der Waals surface area contributed by atoms with Crippen LogP contribution in [0, 0.1) is 0 Å². The quantitative estimate of drug-likeness (QED) is 0.820. The van der Waals surface area contributed by atoms with Gasteiger partial charge in [-0.25, -0.2) is 0 Å². The molecule has 0 spiro atoms. The minimum Gasteiger partial charge on any atom is -0.486 e. The molecule has 0 fully saturated rings. The first-order valence-corrected chi connectivity index (χ1v) is 7.03. The van der Waals surface area contributed by atoms with Gasteiger partial charge in [0, 0.05) is 17.6 Å². The Hall–Kier alpha value is -1.19. The van der Waals surface area contributed by atoms with Gasteiger partial charge >= 0.3 is 0 Å². The van der Waals surface area contributed by atoms with Crippen LogP contribution in [0.2, 0.25) is 10.0 Å². The summed E-state index contributed by atoms with van der Waals surface area (Å²) in [4.78, 5) is 0. The summed E-state index contributed by atoms with van der Waals surface area (Å²) in [7, 11) is 0. The van der Waals surface area contributed by atoms with Crippen LogP contribution in [-0.4, -0.2) is 9.78 Å². The molecule has 0 radical (unpaired) electrons. The van der Waals surface area contributed by atoms with Gasteiger partial charge in [0.15, 0.2) is 0 Å². The normalized spacial score (nSPS) is 10.7. The maximum atomic E-state index is 6.06. The third-order valence-corrected chi connectivity index (χ3v) is 3.39. The minimum absolute atomic E-state index is 0.431. The molecule has 3 nitrogen and oxygen atoms in total. The molecule has 2 rings (SSSR count). The number of hydrogen-bond acceptors (Lipinski definition) is 2. The molecule has 2 aromatic rings. The van der Waals surface area contributed by atoms with Crippen LogP contribution in [0.25, 0.3) is 0 Å². The van der Waals surface area contributed by atoms with Crippen molar-refractivity contribution in [3.8, 4) is 5.75 Å². The Morgan fingerprint density at radius 3 is 2.68 bits per heavy atom. The number of benzene rings is 1. The van der Waals surface area contributed by atoms with Crippen molar-refractivity contribution in [2.45, 2.75) is 33.4 Å². The van der Waals surface area contributed by atoms with E-state index in [4.69, 9.17) is 27.9 Å². The van der Waals surface area contributed by atoms with Crippen molar-refractivity contribution >= 4 is 23.2 Å². The highest BCUT2D eigenvalue weighted by Gasteiger charge is 2.08. The molecule has 0 aliphatic heterocycles. The van der Waals surface area contributed by atoms with E-state index in [0.29, 0.717) is 22.4 Å². The van der Waals surface area contributed by atoms with E-state index in [1.807, 2.05) is 4.68 Å². The molecular formula is C14H16Cl2N2O. The lowest BCUT2D eigenvalue weighted by Crippen LogP contribution is -2.06. The van der Waals surface area contributed by atoms with Crippen molar-refractivity contribution in [1.29, 1.82) is 0 Å². The van der Waals surface area contributed by atoms with Crippen molar-refractivity contribution in [1.82, 2.24) is 9.78 Å². The molecule has 1 aromatic carbocycles. The number of rotatable bonds is 5. The average molecular weight is 299 g/mol. The number of halogens is 2. The molecule has 19 heavy (non-hydrogen) atoms. The third kappa shape index (κ3) is 3.43. The summed E-state index contributed by atoms with van der Waals surface area (Å²) in [5.41, 5.74) is 2.10. The van der Waals surface area contributed by atoms with Crippen LogP contribution < -0.4 is 4.74 Å². The molecule has 0 atom stereocenters. The fraction of sp³-hybridized carbons (Fsp3) is 0.357. The molecule has 1 aromatic heterocycles. The Kier molecular flexibility index (Phi) is 4.72. The molecule has 5 heteroatoms. The first-order chi connectivity index (χ1) is 9.13. The first kappa shape index (κ1) is 14.2. The number of nitrogens with zero attached hydrogens (tertiary/aromatic N) is 2. The van der Waals surface area contributed by atoms with Gasteiger partial charge in [0.2, 0.25) is 0 Å². The van der Waals surface area contributed by atoms with Crippen LogP contribution >= 0.6 is 23.2 Å². The highest BCUT2D eigenvalue weighted by atomic mass is 35.5. The average Bonchev–Trinajstić information content (AvgIpc) is 2.82. The van der Waals surface area contributed by atoms with E-state index in [9.17, 15) is 0 Å². The molecule has 0 unspecified atom stereocenters. The molecule has 1 heterocycles. The number of ether oxygens (including phenoxy) is 1. The summed E-state index contributed by atoms with van der Waals surface area (Å²) in [6.45, 7) is 5.39. The summed E-state index contributed by atoms with van der Waals surface area (Å²) in [5.74, 6) is 0.594. The molecule has 0 amide bonds. The van der Waals surface area contributed by atoms with E-state index in [1.54, 1.807) is 18.2 Å². The Morgan fingerprint density at radius 1 is 1.21 bits per heavy atom. The van der Waals surface area contributed by atoms with Gasteiger partial charge in [-0.05, 0) is 31.5 Å². The Morgan fingerprint density at radius 2 is 2.00 bits per heavy atom. The zero-order valence-electron chi connectivity index (χ0n) is 11.0. The van der Waals surface area contributed by atoms with Gasteiger partial charge in [0.1, 0.15) is 12.4 Å². The maximum absolute atomic E-state index is 6.06. The maximum Gasteiger partial charge on any atom is 0.139 e. The van der Waals surface area contributed by atoms with Gasteiger partial charge in [-0.15, -0.1) is 0 Å². The second-order valence-corrected chi connectivity index (χ2v) is 5.00. The lowest BCUT2D eigenvalue weighted by Gasteiger charge is -2.09. The Balaban J connectivity index is 2.13. The summed E-state index contributed by atoms with van der Waals surface area (Å²) >= 11 is 12.0. The molecule has 102 valence electrons. The minimum atomic E-state index is 0.431. The highest BCUT2D eigenvalue weighted by molar-refractivity contribution is 6.34. The molecule has 0 saturated heterocycles. The van der Waals surface area contributed by atoms with Gasteiger partial charge < -0.3 is 4.74 Å². The summed E-state index contributed by atoms with van der Waals surface area (Å²) < 4.78 is 7.67. The molecule has 0 saturated carbocycles. The van der Waals surface area contributed by atoms with Crippen molar-refractivity contribution in [3.05, 3.63) is 45.7 Å². The van der Waals surface area contributed by atoms with Crippen LogP contribution in [0.15, 0.2) is 24.3 Å². The van der Waals surface area contributed by atoms with Gasteiger partial charge in [0.05, 0.1) is 16.4 Å². The van der Waals surface area contributed by atoms with Gasteiger partial charge in [-0.2, -0.15) is 5.10 Å². The molecule has 0 N–H and O–H groups in total. The zero-order valence-corrected chi connectivity index (χ0v) is 12.5. The number of hydrogen-bond donors (Lipinski definition) is 0. The van der Waals surface area contributed by atoms with E-state index in [0.717, 1.165) is 24.4 Å². The molecule has 0 aliphatic carbocycles. The smallest absolute Gasteiger partial charge is 0.139 e. The fourth-order valence-corrected chi connectivity index (χ4v) is 2.15. The van der Waals surface area contributed by atoms with Crippen LogP contribution in [0.4, 0.5) is 0 Å². The summed E-state index contributed by atoms with van der Waals surface area (Å²) in [6, 6.07) is 7.25. The Bertz CT molecular complexity index is 567. The number of aryl methyl sites for hydroxylation is 2. The lowest BCUT2D eigenvalue weighted by atomic mass is 10.3. The van der Waals surface area contributed by atoms with Crippen LogP contribution in [-0.2, 0) is 19.6 Å². The predicted molar refractivity (Wildman–Crippen MR) is 78.1 cm³/mol. The second-order valence-electron chi connectivity index (χ2n) is 4.16. The monoisotopic (exact) mass is 298 g/mol. The van der Waals surface area contributed by atoms with Crippen molar-refractivity contribution in [2.75, 3.05) is 0 Å². The SMILES string of the molecule is CCc1cc(COc2cc(Cl)ccc2Cl)n(CC)n1. The van der Waals surface area contributed by atoms with Crippen LogP contribution in [0.3, 0.4) is 0 Å². The summed E-state index contributed by atoms with van der Waals surface area (Å²) in [6.07, 6.45) is 0.915. The van der Waals surface area contributed by atoms with Crippen molar-refractivity contribution in [2.24, 2.45) is 0 Å². The molecular weight excluding hydrogens is 283 g/mol. The van der Waals surface area contributed by atoms with E-state index in [1.165, 1.54) is 0 Å². The van der Waals surface area contributed by atoms with Crippen molar-refractivity contribution in [3.63, 3.8) is 0 Å². The van der Waals surface area contributed by atoms with Gasteiger partial charge in [-0.3, -0.25) is 4.68 Å². The largest absolute Gasteiger partial charge is 0.486 e. The second kappa shape index (κ2) is 6.31. The predicted octanol–water partition coefficient (Wildman–Crippen LogP) is 4.35. The van der Waals surface area contributed by atoms with E-state index in [2.05, 4.69) is 25.0 Å². The Labute approximate surface area is 123 Å². The van der Waals surface area contributed by atoms with Gasteiger partial charge in [0.25, 0.3) is 0 Å². The molecule has 0 bridgehead atoms. The van der Waals surface area contributed by atoms with E-state index >= 15 is 0 Å². The first-order valence-electron chi connectivity index (χ1n) is 6.27. The van der Waals surface area contributed by atoms with Gasteiger partial charge in [-0.1, -0.05) is 30.1 Å². The zero-order chi connectivity index (χ0) is 13.8. The summed E-state index contributed by atoms with van der Waals surface area (Å²) in [5, 5.41) is 5.64. The number of aromatic nitrogens is 2. The van der Waals surface area contributed by atoms with Crippen LogP contribution in [0.1, 0.15) is 25.2 Å². The van der Waals surface area contributed by atoms with E-state index < -0.39 is 0 Å². The van der Waals surface area contributed by atoms with E-state index in [-0.39, 0.29) is 0 Å².